The van der Waals surface area contributed by atoms with E-state index >= 15 is 0 Å². The van der Waals surface area contributed by atoms with Gasteiger partial charge in [-0.25, -0.2) is 13.6 Å². The van der Waals surface area contributed by atoms with E-state index in [0.717, 1.165) is 0 Å². The van der Waals surface area contributed by atoms with E-state index in [1.807, 2.05) is 0 Å². The lowest BCUT2D eigenvalue weighted by Gasteiger charge is -2.19. The van der Waals surface area contributed by atoms with Crippen molar-refractivity contribution in [2.75, 3.05) is 12.1 Å². The smallest absolute Gasteiger partial charge is 0.270 e. The molecule has 0 bridgehead atoms. The van der Waals surface area contributed by atoms with E-state index in [0.29, 0.717) is 28.1 Å². The van der Waals surface area contributed by atoms with Gasteiger partial charge < -0.3 is 14.8 Å². The van der Waals surface area contributed by atoms with Crippen molar-refractivity contribution >= 4 is 33.4 Å². The third-order valence-electron chi connectivity index (χ3n) is 3.94. The Morgan fingerprint density at radius 2 is 2.00 bits per heavy atom. The van der Waals surface area contributed by atoms with Crippen LogP contribution in [-0.4, -0.2) is 26.0 Å². The van der Waals surface area contributed by atoms with Crippen molar-refractivity contribution in [3.05, 3.63) is 69.3 Å². The van der Waals surface area contributed by atoms with Gasteiger partial charge in [-0.1, -0.05) is 12.1 Å². The van der Waals surface area contributed by atoms with Crippen LogP contribution in [0.25, 0.3) is 6.08 Å². The summed E-state index contributed by atoms with van der Waals surface area (Å²) in [5, 5.41) is 18.7. The first-order valence-corrected chi connectivity index (χ1v) is 10.0. The summed E-state index contributed by atoms with van der Waals surface area (Å²) >= 11 is 0. The van der Waals surface area contributed by atoms with Gasteiger partial charge in [0, 0.05) is 35.0 Å². The van der Waals surface area contributed by atoms with Crippen molar-refractivity contribution in [3.8, 4) is 5.75 Å². The number of nitro groups is 1. The largest absolute Gasteiger partial charge is 0.467 e. The number of benzene rings is 2. The molecule has 1 aliphatic rings. The highest BCUT2D eigenvalue weighted by Crippen LogP contribution is 2.33. The molecule has 0 aromatic heterocycles. The lowest BCUT2D eigenvalue weighted by atomic mass is 10.1. The molecule has 1 heterocycles. The average molecular weight is 419 g/mol. The number of nitrogens with zero attached hydrogens (tertiary/aromatic N) is 1. The Morgan fingerprint density at radius 1 is 1.28 bits per heavy atom. The van der Waals surface area contributed by atoms with Crippen molar-refractivity contribution in [1.82, 2.24) is 0 Å². The fourth-order valence-electron chi connectivity index (χ4n) is 2.73. The van der Waals surface area contributed by atoms with Crippen LogP contribution in [0.5, 0.6) is 5.75 Å². The van der Waals surface area contributed by atoms with E-state index in [9.17, 15) is 23.3 Å². The van der Waals surface area contributed by atoms with Crippen LogP contribution >= 0.6 is 0 Å². The molecule has 29 heavy (non-hydrogen) atoms. The molecule has 0 unspecified atom stereocenters. The van der Waals surface area contributed by atoms with Crippen molar-refractivity contribution < 1.29 is 27.6 Å². The van der Waals surface area contributed by atoms with E-state index in [1.165, 1.54) is 36.4 Å². The summed E-state index contributed by atoms with van der Waals surface area (Å²) in [5.74, 6) is -0.349. The minimum Gasteiger partial charge on any atom is -0.467 e. The number of ether oxygens (including phenoxy) is 2. The zero-order valence-corrected chi connectivity index (χ0v) is 15.8. The van der Waals surface area contributed by atoms with Gasteiger partial charge >= 0.3 is 0 Å². The van der Waals surface area contributed by atoms with Crippen LogP contribution in [0, 0.1) is 10.1 Å². The minimum atomic E-state index is -3.64. The number of nitrogens with one attached hydrogen (secondary N) is 1. The van der Waals surface area contributed by atoms with Crippen molar-refractivity contribution in [2.45, 2.75) is 12.4 Å². The van der Waals surface area contributed by atoms with Gasteiger partial charge in [0.25, 0.3) is 5.69 Å². The molecule has 0 saturated heterocycles. The Hall–Kier alpha value is -3.28. The molecular formula is C18H17N3O7S. The Kier molecular flexibility index (Phi) is 5.92. The van der Waals surface area contributed by atoms with E-state index in [1.54, 1.807) is 12.1 Å². The maximum absolute atomic E-state index is 12.2. The average Bonchev–Trinajstić information content (AvgIpc) is 2.66. The molecule has 10 nitrogen and oxygen atoms in total. The molecule has 0 saturated carbocycles. The number of hydrogen-bond acceptors (Lipinski definition) is 7. The fraction of sp³-hybridized carbons (Fsp3) is 0.167. The van der Waals surface area contributed by atoms with Gasteiger partial charge in [0.15, 0.2) is 6.79 Å². The third-order valence-corrected chi connectivity index (χ3v) is 4.67. The molecule has 2 aromatic rings. The summed E-state index contributed by atoms with van der Waals surface area (Å²) in [5.41, 5.74) is 1.71. The second-order valence-electron chi connectivity index (χ2n) is 6.22. The standard InChI is InChI=1S/C18H17N3O7S/c19-29(25,26)10-12-1-4-15(5-2-12)20-17(22)6-3-13-7-16(21(23)24)8-14-9-27-11-28-18(13)14/h1-8H,9-11H2,(H,20,22)(H2,19,25,26)/b6-3+. The van der Waals surface area contributed by atoms with Crippen molar-refractivity contribution in [3.63, 3.8) is 0 Å². The van der Waals surface area contributed by atoms with Crippen LogP contribution in [0.15, 0.2) is 42.5 Å². The van der Waals surface area contributed by atoms with Crippen LogP contribution in [-0.2, 0) is 31.9 Å². The zero-order valence-electron chi connectivity index (χ0n) is 15.0. The van der Waals surface area contributed by atoms with E-state index in [-0.39, 0.29) is 24.8 Å². The Balaban J connectivity index is 1.74. The first kappa shape index (κ1) is 20.5. The number of carbonyl (C=O) groups excluding carboxylic acids is 1. The lowest BCUT2D eigenvalue weighted by Crippen LogP contribution is -2.14. The van der Waals surface area contributed by atoms with Gasteiger partial charge in [0.2, 0.25) is 15.9 Å². The summed E-state index contributed by atoms with van der Waals surface area (Å²) in [6, 6.07) is 8.85. The third kappa shape index (κ3) is 5.60. The summed E-state index contributed by atoms with van der Waals surface area (Å²) in [6.07, 6.45) is 2.64. The normalized spacial score (nSPS) is 13.6. The van der Waals surface area contributed by atoms with E-state index in [2.05, 4.69) is 5.32 Å². The van der Waals surface area contributed by atoms with Crippen molar-refractivity contribution in [1.29, 1.82) is 0 Å². The Morgan fingerprint density at radius 3 is 2.66 bits per heavy atom. The van der Waals surface area contributed by atoms with Crippen LogP contribution < -0.4 is 15.2 Å². The minimum absolute atomic E-state index is 0.0166. The molecule has 0 radical (unpaired) electrons. The van der Waals surface area contributed by atoms with Gasteiger partial charge in [-0.2, -0.15) is 0 Å². The maximum atomic E-state index is 12.2. The highest BCUT2D eigenvalue weighted by Gasteiger charge is 2.19. The quantitative estimate of drug-likeness (QED) is 0.412. The monoisotopic (exact) mass is 419 g/mol. The zero-order chi connectivity index (χ0) is 21.0. The van der Waals surface area contributed by atoms with Gasteiger partial charge in [-0.15, -0.1) is 0 Å². The van der Waals surface area contributed by atoms with E-state index in [4.69, 9.17) is 14.6 Å². The van der Waals surface area contributed by atoms with Gasteiger partial charge in [-0.05, 0) is 23.8 Å². The number of sulfonamides is 1. The summed E-state index contributed by atoms with van der Waals surface area (Å²) in [4.78, 5) is 22.7. The topological polar surface area (TPSA) is 151 Å². The predicted molar refractivity (Wildman–Crippen MR) is 104 cm³/mol. The SMILES string of the molecule is NS(=O)(=O)Cc1ccc(NC(=O)/C=C/c2cc([N+](=O)[O-])cc3c2OCOC3)cc1. The number of nitrogens with two attached hydrogens (primary N) is 1. The number of carbonyl (C=O) groups is 1. The van der Waals surface area contributed by atoms with Crippen molar-refractivity contribution in [2.24, 2.45) is 5.14 Å². The number of primary sulfonamides is 1. The molecule has 3 N–H and O–H groups in total. The molecular weight excluding hydrogens is 402 g/mol. The summed E-state index contributed by atoms with van der Waals surface area (Å²) < 4.78 is 32.7. The molecule has 11 heteroatoms. The molecule has 0 aliphatic carbocycles. The van der Waals surface area contributed by atoms with Crippen LogP contribution in [0.3, 0.4) is 0 Å². The highest BCUT2D eigenvalue weighted by molar-refractivity contribution is 7.88. The Bertz CT molecular complexity index is 1080. The molecule has 3 rings (SSSR count). The number of amides is 1. The molecule has 1 aliphatic heterocycles. The first-order valence-electron chi connectivity index (χ1n) is 8.31. The lowest BCUT2D eigenvalue weighted by molar-refractivity contribution is -0.385. The van der Waals surface area contributed by atoms with Crippen LogP contribution in [0.2, 0.25) is 0 Å². The first-order chi connectivity index (χ1) is 13.7. The van der Waals surface area contributed by atoms with Gasteiger partial charge in [-0.3, -0.25) is 14.9 Å². The van der Waals surface area contributed by atoms with Crippen LogP contribution in [0.1, 0.15) is 16.7 Å². The number of fused-ring (bicyclic) bond motifs is 1. The maximum Gasteiger partial charge on any atom is 0.270 e. The Labute approximate surface area is 166 Å². The molecule has 0 spiro atoms. The second-order valence-corrected chi connectivity index (χ2v) is 7.83. The number of nitro benzene ring substituents is 1. The molecule has 152 valence electrons. The number of non-ortho nitro benzene ring substituents is 1. The predicted octanol–water partition coefficient (Wildman–Crippen LogP) is 1.90. The molecule has 0 atom stereocenters. The van der Waals surface area contributed by atoms with E-state index < -0.39 is 20.9 Å². The molecule has 1 amide bonds. The van der Waals surface area contributed by atoms with Gasteiger partial charge in [0.05, 0.1) is 17.3 Å². The number of rotatable bonds is 6. The molecule has 0 fully saturated rings. The fourth-order valence-corrected chi connectivity index (χ4v) is 3.38. The summed E-state index contributed by atoms with van der Waals surface area (Å²) in [7, 11) is -3.64. The summed E-state index contributed by atoms with van der Waals surface area (Å²) in [6.45, 7) is 0.192. The van der Waals surface area contributed by atoms with Crippen LogP contribution in [0.4, 0.5) is 11.4 Å². The molecule has 2 aromatic carbocycles. The highest BCUT2D eigenvalue weighted by atomic mass is 32.2. The number of anilines is 1. The second kappa shape index (κ2) is 8.39. The number of hydrogen-bond donors (Lipinski definition) is 2. The van der Waals surface area contributed by atoms with Gasteiger partial charge in [0.1, 0.15) is 5.75 Å².